The number of fused-ring (bicyclic) bond motifs is 1. The van der Waals surface area contributed by atoms with Crippen LogP contribution >= 0.6 is 0 Å². The number of amides is 1. The van der Waals surface area contributed by atoms with Crippen LogP contribution in [0.4, 0.5) is 0 Å². The van der Waals surface area contributed by atoms with Crippen molar-refractivity contribution >= 4 is 11.6 Å². The molecule has 4 aromatic rings. The van der Waals surface area contributed by atoms with Gasteiger partial charge in [0.1, 0.15) is 0 Å². The van der Waals surface area contributed by atoms with E-state index in [0.717, 1.165) is 66.3 Å². The number of rotatable bonds is 7. The average molecular weight is 468 g/mol. The molecule has 2 aromatic carbocycles. The van der Waals surface area contributed by atoms with Gasteiger partial charge in [0.05, 0.1) is 5.69 Å². The smallest absolute Gasteiger partial charge is 0.220 e. The number of hydrogen-bond donors (Lipinski definition) is 1. The first kappa shape index (κ1) is 23.2. The maximum absolute atomic E-state index is 12.8. The molecule has 1 N–H and O–H groups in total. The lowest BCUT2D eigenvalue weighted by Crippen LogP contribution is -2.44. The van der Waals surface area contributed by atoms with Gasteiger partial charge >= 0.3 is 0 Å². The zero-order valence-corrected chi connectivity index (χ0v) is 20.6. The summed E-state index contributed by atoms with van der Waals surface area (Å²) >= 11 is 0. The summed E-state index contributed by atoms with van der Waals surface area (Å²) in [6, 6.07) is 23.0. The molecule has 6 heteroatoms. The Hall–Kier alpha value is -3.51. The van der Waals surface area contributed by atoms with E-state index >= 15 is 0 Å². The maximum Gasteiger partial charge on any atom is 0.220 e. The van der Waals surface area contributed by atoms with Gasteiger partial charge in [-0.15, -0.1) is 0 Å². The summed E-state index contributed by atoms with van der Waals surface area (Å²) in [4.78, 5) is 20.0. The van der Waals surface area contributed by atoms with E-state index in [2.05, 4.69) is 59.6 Å². The third kappa shape index (κ3) is 5.43. The fraction of sp³-hybridized carbons (Fsp3) is 0.345. The minimum Gasteiger partial charge on any atom is -0.353 e. The highest BCUT2D eigenvalue weighted by Crippen LogP contribution is 2.22. The van der Waals surface area contributed by atoms with Crippen LogP contribution in [0.2, 0.25) is 0 Å². The quantitative estimate of drug-likeness (QED) is 0.427. The van der Waals surface area contributed by atoms with Gasteiger partial charge in [-0.05, 0) is 44.2 Å². The predicted octanol–water partition coefficient (Wildman–Crippen LogP) is 4.73. The van der Waals surface area contributed by atoms with Crippen molar-refractivity contribution in [2.45, 2.75) is 52.1 Å². The van der Waals surface area contributed by atoms with Crippen LogP contribution in [0.3, 0.4) is 0 Å². The van der Waals surface area contributed by atoms with Crippen molar-refractivity contribution in [1.82, 2.24) is 24.8 Å². The highest BCUT2D eigenvalue weighted by molar-refractivity contribution is 5.76. The van der Waals surface area contributed by atoms with E-state index in [9.17, 15) is 4.79 Å². The Labute approximate surface area is 207 Å². The molecule has 2 aromatic heterocycles. The van der Waals surface area contributed by atoms with Crippen molar-refractivity contribution < 1.29 is 4.79 Å². The molecule has 0 unspecified atom stereocenters. The second kappa shape index (κ2) is 10.4. The molecule has 5 rings (SSSR count). The van der Waals surface area contributed by atoms with E-state index in [1.54, 1.807) is 0 Å². The zero-order chi connectivity index (χ0) is 24.2. The normalized spacial score (nSPS) is 14.9. The number of hydrogen-bond acceptors (Lipinski definition) is 4. The summed E-state index contributed by atoms with van der Waals surface area (Å²) in [5.41, 5.74) is 7.30. The Morgan fingerprint density at radius 2 is 1.69 bits per heavy atom. The summed E-state index contributed by atoms with van der Waals surface area (Å²) in [6.07, 6.45) is 3.13. The zero-order valence-electron chi connectivity index (χ0n) is 20.6. The first-order valence-electron chi connectivity index (χ1n) is 12.5. The fourth-order valence-electron chi connectivity index (χ4n) is 5.05. The van der Waals surface area contributed by atoms with Crippen LogP contribution in [0.15, 0.2) is 66.7 Å². The summed E-state index contributed by atoms with van der Waals surface area (Å²) in [7, 11) is 0. The number of aryl methyl sites for hydroxylation is 2. The molecule has 1 aliphatic rings. The van der Waals surface area contributed by atoms with Gasteiger partial charge in [0.25, 0.3) is 0 Å². The van der Waals surface area contributed by atoms with Gasteiger partial charge in [0.15, 0.2) is 5.65 Å². The molecular weight excluding hydrogens is 434 g/mol. The summed E-state index contributed by atoms with van der Waals surface area (Å²) in [5, 5.41) is 8.06. The van der Waals surface area contributed by atoms with E-state index < -0.39 is 0 Å². The number of carbonyl (C=O) groups is 1. The van der Waals surface area contributed by atoms with E-state index in [-0.39, 0.29) is 11.9 Å². The van der Waals surface area contributed by atoms with Gasteiger partial charge < -0.3 is 5.32 Å². The largest absolute Gasteiger partial charge is 0.353 e. The molecule has 0 aliphatic carbocycles. The van der Waals surface area contributed by atoms with Gasteiger partial charge in [0, 0.05) is 55.1 Å². The molecule has 1 saturated heterocycles. The number of nitrogens with one attached hydrogen (secondary N) is 1. The maximum atomic E-state index is 12.8. The number of nitrogens with zero attached hydrogens (tertiary/aromatic N) is 4. The van der Waals surface area contributed by atoms with Crippen molar-refractivity contribution in [1.29, 1.82) is 0 Å². The minimum atomic E-state index is 0.121. The van der Waals surface area contributed by atoms with Crippen LogP contribution in [0.1, 0.15) is 41.8 Å². The third-order valence-corrected chi connectivity index (χ3v) is 7.04. The fourth-order valence-corrected chi connectivity index (χ4v) is 5.05. The van der Waals surface area contributed by atoms with Gasteiger partial charge in [-0.2, -0.15) is 5.10 Å². The summed E-state index contributed by atoms with van der Waals surface area (Å²) in [6.45, 7) is 7.11. The van der Waals surface area contributed by atoms with Crippen LogP contribution in [0.5, 0.6) is 0 Å². The van der Waals surface area contributed by atoms with Crippen LogP contribution in [-0.2, 0) is 17.8 Å². The first-order valence-corrected chi connectivity index (χ1v) is 12.5. The Morgan fingerprint density at radius 3 is 2.40 bits per heavy atom. The second-order valence-electron chi connectivity index (χ2n) is 9.53. The molecule has 35 heavy (non-hydrogen) atoms. The van der Waals surface area contributed by atoms with Crippen molar-refractivity contribution in [2.75, 3.05) is 13.1 Å². The van der Waals surface area contributed by atoms with Gasteiger partial charge in [-0.1, -0.05) is 60.7 Å². The third-order valence-electron chi connectivity index (χ3n) is 7.04. The second-order valence-corrected chi connectivity index (χ2v) is 9.53. The topological polar surface area (TPSA) is 62.5 Å². The Bertz CT molecular complexity index is 1290. The molecule has 0 saturated carbocycles. The summed E-state index contributed by atoms with van der Waals surface area (Å²) in [5.74, 6) is 0.121. The molecule has 6 nitrogen and oxygen atoms in total. The SMILES string of the molecule is Cc1nc2cc(-c3ccccc3)nn2c(C)c1CCC(=O)NC1CCN(Cc2ccccc2)CC1. The highest BCUT2D eigenvalue weighted by Gasteiger charge is 2.21. The molecule has 0 spiro atoms. The van der Waals surface area contributed by atoms with Crippen molar-refractivity contribution in [2.24, 2.45) is 0 Å². The number of likely N-dealkylation sites (tertiary alicyclic amines) is 1. The highest BCUT2D eigenvalue weighted by atomic mass is 16.1. The molecule has 1 aliphatic heterocycles. The van der Waals surface area contributed by atoms with E-state index in [4.69, 9.17) is 10.1 Å². The van der Waals surface area contributed by atoms with Crippen LogP contribution < -0.4 is 5.32 Å². The van der Waals surface area contributed by atoms with Gasteiger partial charge in [-0.3, -0.25) is 9.69 Å². The minimum absolute atomic E-state index is 0.121. The van der Waals surface area contributed by atoms with Crippen molar-refractivity contribution in [3.63, 3.8) is 0 Å². The molecular formula is C29H33N5O. The van der Waals surface area contributed by atoms with E-state index in [0.29, 0.717) is 12.8 Å². The Morgan fingerprint density at radius 1 is 1.00 bits per heavy atom. The van der Waals surface area contributed by atoms with Crippen LogP contribution in [-0.4, -0.2) is 44.5 Å². The lowest BCUT2D eigenvalue weighted by Gasteiger charge is -2.32. The molecule has 3 heterocycles. The lowest BCUT2D eigenvalue weighted by atomic mass is 10.0. The number of carbonyl (C=O) groups excluding carboxylic acids is 1. The van der Waals surface area contributed by atoms with E-state index in [1.807, 2.05) is 35.7 Å². The molecule has 1 fully saturated rings. The predicted molar refractivity (Wildman–Crippen MR) is 139 cm³/mol. The molecule has 0 atom stereocenters. The summed E-state index contributed by atoms with van der Waals surface area (Å²) < 4.78 is 1.91. The van der Waals surface area contributed by atoms with Crippen LogP contribution in [0, 0.1) is 13.8 Å². The monoisotopic (exact) mass is 467 g/mol. The number of benzene rings is 2. The van der Waals surface area contributed by atoms with Gasteiger partial charge in [0.2, 0.25) is 5.91 Å². The molecule has 0 bridgehead atoms. The number of piperidine rings is 1. The Kier molecular flexibility index (Phi) is 6.91. The average Bonchev–Trinajstić information content (AvgIpc) is 3.30. The molecule has 1 amide bonds. The van der Waals surface area contributed by atoms with Gasteiger partial charge in [-0.25, -0.2) is 9.50 Å². The molecule has 0 radical (unpaired) electrons. The first-order chi connectivity index (χ1) is 17.1. The number of aromatic nitrogens is 3. The molecule has 180 valence electrons. The standard InChI is InChI=1S/C29H33N5O/c1-21-26(22(2)34-28(30-21)19-27(32-34)24-11-7-4-8-12-24)13-14-29(35)31-25-15-17-33(18-16-25)20-23-9-5-3-6-10-23/h3-12,19,25H,13-18,20H2,1-2H3,(H,31,35). The van der Waals surface area contributed by atoms with Crippen LogP contribution in [0.25, 0.3) is 16.9 Å². The Balaban J connectivity index is 1.17. The van der Waals surface area contributed by atoms with Crippen molar-refractivity contribution in [3.8, 4) is 11.3 Å². The van der Waals surface area contributed by atoms with Crippen molar-refractivity contribution in [3.05, 3.63) is 89.2 Å². The lowest BCUT2D eigenvalue weighted by molar-refractivity contribution is -0.122. The van der Waals surface area contributed by atoms with E-state index in [1.165, 1.54) is 5.56 Å².